The molecule has 10 nitrogen and oxygen atoms in total. The maximum atomic E-state index is 14.4. The van der Waals surface area contributed by atoms with Crippen LogP contribution in [-0.2, 0) is 20.8 Å². The minimum atomic E-state index is -0.646. The first-order chi connectivity index (χ1) is 20.8. The van der Waals surface area contributed by atoms with Crippen LogP contribution in [0.1, 0.15) is 76.9 Å². The first kappa shape index (κ1) is 28.9. The number of carbonyl (C=O) groups is 5. The molecule has 2 fully saturated rings. The molecule has 3 aliphatic heterocycles. The van der Waals surface area contributed by atoms with Gasteiger partial charge in [0.15, 0.2) is 0 Å². The zero-order valence-corrected chi connectivity index (χ0v) is 24.7. The third kappa shape index (κ3) is 5.28. The highest BCUT2D eigenvalue weighted by molar-refractivity contribution is 6.21. The van der Waals surface area contributed by atoms with Crippen molar-refractivity contribution in [3.8, 4) is 5.75 Å². The summed E-state index contributed by atoms with van der Waals surface area (Å²) < 4.78 is 6.53. The summed E-state index contributed by atoms with van der Waals surface area (Å²) in [5.74, 6) is -1.33. The fraction of sp³-hybridized carbons (Fsp3) is 0.485. The molecule has 5 amide bonds. The van der Waals surface area contributed by atoms with Crippen LogP contribution < -0.4 is 10.1 Å². The molecule has 0 aromatic heterocycles. The van der Waals surface area contributed by atoms with Crippen LogP contribution in [0.2, 0.25) is 0 Å². The van der Waals surface area contributed by atoms with Gasteiger partial charge in [-0.3, -0.25) is 28.9 Å². The highest BCUT2D eigenvalue weighted by Crippen LogP contribution is 2.42. The summed E-state index contributed by atoms with van der Waals surface area (Å²) in [6, 6.07) is 11.9. The predicted octanol–water partition coefficient (Wildman–Crippen LogP) is 2.96. The minimum Gasteiger partial charge on any atom is -0.488 e. The average Bonchev–Trinajstić information content (AvgIpc) is 3.59. The van der Waals surface area contributed by atoms with Crippen LogP contribution in [0.5, 0.6) is 5.75 Å². The largest absolute Gasteiger partial charge is 0.488 e. The lowest BCUT2D eigenvalue weighted by atomic mass is 9.77. The predicted molar refractivity (Wildman–Crippen MR) is 157 cm³/mol. The molecular formula is C33H38N4O6. The van der Waals surface area contributed by atoms with Crippen LogP contribution in [0.25, 0.3) is 0 Å². The summed E-state index contributed by atoms with van der Waals surface area (Å²) in [6.45, 7) is 3.02. The molecule has 6 rings (SSSR count). The Morgan fingerprint density at radius 2 is 1.60 bits per heavy atom. The quantitative estimate of drug-likeness (QED) is 0.521. The maximum absolute atomic E-state index is 14.4. The van der Waals surface area contributed by atoms with Crippen LogP contribution in [0.4, 0.5) is 0 Å². The van der Waals surface area contributed by atoms with Gasteiger partial charge in [0, 0.05) is 50.9 Å². The van der Waals surface area contributed by atoms with Gasteiger partial charge in [0.2, 0.25) is 17.7 Å². The minimum absolute atomic E-state index is 0.000356. The van der Waals surface area contributed by atoms with E-state index in [1.165, 1.54) is 4.90 Å². The smallest absolute Gasteiger partial charge is 0.261 e. The van der Waals surface area contributed by atoms with Gasteiger partial charge in [0.05, 0.1) is 30.3 Å². The van der Waals surface area contributed by atoms with Gasteiger partial charge in [-0.2, -0.15) is 0 Å². The summed E-state index contributed by atoms with van der Waals surface area (Å²) in [4.78, 5) is 71.0. The second-order valence-electron chi connectivity index (χ2n) is 12.0. The fourth-order valence-electron chi connectivity index (χ4n) is 7.30. The van der Waals surface area contributed by atoms with E-state index < -0.39 is 17.9 Å². The van der Waals surface area contributed by atoms with Crippen LogP contribution in [0.15, 0.2) is 42.5 Å². The topological polar surface area (TPSA) is 116 Å². The molecule has 4 atom stereocenters. The summed E-state index contributed by atoms with van der Waals surface area (Å²) in [7, 11) is 1.60. The zero-order valence-electron chi connectivity index (χ0n) is 24.7. The monoisotopic (exact) mass is 586 g/mol. The molecule has 1 saturated heterocycles. The van der Waals surface area contributed by atoms with Crippen molar-refractivity contribution in [1.29, 1.82) is 0 Å². The molecule has 3 heterocycles. The van der Waals surface area contributed by atoms with Gasteiger partial charge in [0.1, 0.15) is 11.9 Å². The van der Waals surface area contributed by atoms with Crippen molar-refractivity contribution in [1.82, 2.24) is 20.0 Å². The van der Waals surface area contributed by atoms with E-state index in [9.17, 15) is 24.0 Å². The van der Waals surface area contributed by atoms with Crippen molar-refractivity contribution in [3.05, 3.63) is 64.7 Å². The highest BCUT2D eigenvalue weighted by Gasteiger charge is 2.45. The van der Waals surface area contributed by atoms with Gasteiger partial charge in [-0.05, 0) is 43.0 Å². The number of benzene rings is 2. The van der Waals surface area contributed by atoms with E-state index in [0.717, 1.165) is 24.0 Å². The van der Waals surface area contributed by atoms with Crippen LogP contribution in [-0.4, -0.2) is 83.6 Å². The Morgan fingerprint density at radius 1 is 0.907 bits per heavy atom. The first-order valence-corrected chi connectivity index (χ1v) is 15.3. The zero-order chi connectivity index (χ0) is 30.2. The number of likely N-dealkylation sites (tertiary alicyclic amines) is 1. The molecule has 4 aliphatic rings. The summed E-state index contributed by atoms with van der Waals surface area (Å²) >= 11 is 0. The molecule has 226 valence electrons. The molecular weight excluding hydrogens is 548 g/mol. The summed E-state index contributed by atoms with van der Waals surface area (Å²) in [5.41, 5.74) is 2.49. The number of hydrogen-bond acceptors (Lipinski definition) is 6. The Morgan fingerprint density at radius 3 is 2.26 bits per heavy atom. The Hall–Kier alpha value is -4.21. The number of amides is 5. The Kier molecular flexibility index (Phi) is 7.94. The second-order valence-corrected chi connectivity index (χ2v) is 12.0. The Bertz CT molecular complexity index is 1440. The van der Waals surface area contributed by atoms with Crippen molar-refractivity contribution in [3.63, 3.8) is 0 Å². The molecule has 1 unspecified atom stereocenters. The molecule has 0 spiro atoms. The molecule has 1 N–H and O–H groups in total. The molecule has 2 aromatic rings. The number of carbonyl (C=O) groups excluding carboxylic acids is 5. The standard InChI is InChI=1S/C33H38N4O6/c1-20(38)35-16-15-22(18-35)43-28-13-7-8-21-14-17-36(31(40)24-10-4-3-9-23(24)30(39)34-2)27(29(21)28)19-37-32(41)25-11-5-6-12-26(25)33(37)42/h5-8,11-13,22-24,27H,3-4,9-10,14-19H2,1-2H3,(H,34,39)/t22?,23-,24+,27+/m0/s1. The number of nitrogens with zero attached hydrogens (tertiary/aromatic N) is 3. The fourth-order valence-corrected chi connectivity index (χ4v) is 7.30. The number of ether oxygens (including phenoxy) is 1. The molecule has 0 radical (unpaired) electrons. The lowest BCUT2D eigenvalue weighted by Gasteiger charge is -2.43. The average molecular weight is 587 g/mol. The molecule has 0 bridgehead atoms. The third-order valence-electron chi connectivity index (χ3n) is 9.55. The van der Waals surface area contributed by atoms with E-state index in [1.807, 2.05) is 18.2 Å². The molecule has 1 saturated carbocycles. The first-order valence-electron chi connectivity index (χ1n) is 15.3. The number of imide groups is 1. The summed E-state index contributed by atoms with van der Waals surface area (Å²) in [6.07, 6.45) is 4.06. The summed E-state index contributed by atoms with van der Waals surface area (Å²) in [5, 5.41) is 2.74. The second kappa shape index (κ2) is 11.8. The van der Waals surface area contributed by atoms with Gasteiger partial charge < -0.3 is 19.9 Å². The van der Waals surface area contributed by atoms with E-state index in [4.69, 9.17) is 4.74 Å². The molecule has 10 heteroatoms. The SMILES string of the molecule is CNC(=O)[C@H]1CCCC[C@H]1C(=O)N1CCc2cccc(OC3CCN(C(C)=O)C3)c2[C@H]1CN1C(=O)c2ccccc2C1=O. The Balaban J connectivity index is 1.37. The van der Waals surface area contributed by atoms with E-state index in [2.05, 4.69) is 5.32 Å². The van der Waals surface area contributed by atoms with E-state index >= 15 is 0 Å². The van der Waals surface area contributed by atoms with Gasteiger partial charge >= 0.3 is 0 Å². The molecule has 43 heavy (non-hydrogen) atoms. The van der Waals surface area contributed by atoms with Gasteiger partial charge in [-0.25, -0.2) is 0 Å². The molecule has 1 aliphatic carbocycles. The lowest BCUT2D eigenvalue weighted by Crippen LogP contribution is -2.51. The van der Waals surface area contributed by atoms with Crippen LogP contribution >= 0.6 is 0 Å². The maximum Gasteiger partial charge on any atom is 0.261 e. The van der Waals surface area contributed by atoms with Crippen molar-refractivity contribution < 1.29 is 28.7 Å². The van der Waals surface area contributed by atoms with Crippen molar-refractivity contribution in [2.45, 2.75) is 57.6 Å². The van der Waals surface area contributed by atoms with Crippen LogP contribution in [0, 0.1) is 11.8 Å². The normalized spacial score (nSPS) is 24.9. The number of nitrogens with one attached hydrogen (secondary N) is 1. The number of hydrogen-bond donors (Lipinski definition) is 1. The number of fused-ring (bicyclic) bond motifs is 2. The lowest BCUT2D eigenvalue weighted by molar-refractivity contribution is -0.146. The number of rotatable bonds is 6. The van der Waals surface area contributed by atoms with Crippen LogP contribution in [0.3, 0.4) is 0 Å². The molecule has 2 aromatic carbocycles. The van der Waals surface area contributed by atoms with E-state index in [0.29, 0.717) is 62.2 Å². The van der Waals surface area contributed by atoms with Gasteiger partial charge in [-0.15, -0.1) is 0 Å². The van der Waals surface area contributed by atoms with E-state index in [1.54, 1.807) is 48.0 Å². The van der Waals surface area contributed by atoms with Gasteiger partial charge in [-0.1, -0.05) is 37.1 Å². The third-order valence-corrected chi connectivity index (χ3v) is 9.55. The van der Waals surface area contributed by atoms with Gasteiger partial charge in [0.25, 0.3) is 11.8 Å². The van der Waals surface area contributed by atoms with Crippen molar-refractivity contribution in [2.24, 2.45) is 11.8 Å². The van der Waals surface area contributed by atoms with Crippen molar-refractivity contribution >= 4 is 29.5 Å². The highest BCUT2D eigenvalue weighted by atomic mass is 16.5. The van der Waals surface area contributed by atoms with E-state index in [-0.39, 0.29) is 42.2 Å². The van der Waals surface area contributed by atoms with Crippen molar-refractivity contribution in [2.75, 3.05) is 33.2 Å². The Labute approximate surface area is 251 Å².